The van der Waals surface area contributed by atoms with E-state index in [9.17, 15) is 9.59 Å². The molecule has 0 amide bonds. The molecule has 0 aliphatic rings. The number of carbonyl (C=O) groups excluding carboxylic acids is 2. The van der Waals surface area contributed by atoms with E-state index in [1.807, 2.05) is 6.08 Å². The van der Waals surface area contributed by atoms with Crippen LogP contribution in [0.4, 0.5) is 0 Å². The van der Waals surface area contributed by atoms with E-state index in [1.54, 1.807) is 0 Å². The minimum Gasteiger partial charge on any atom is -0.462 e. The van der Waals surface area contributed by atoms with Crippen LogP contribution in [0.2, 0.25) is 0 Å². The Morgan fingerprint density at radius 1 is 0.411 bits per heavy atom. The van der Waals surface area contributed by atoms with Gasteiger partial charge in [-0.2, -0.15) is 0 Å². The standard InChI is InChI=1S/C51H84O5/c1-4-7-10-13-16-19-22-24-25-26-28-31-34-37-40-43-46-54-47-49(56-51(53)45-42-39-36-33-29-21-18-15-12-9-6-3)48-55-50(52)44-41-38-35-32-30-27-23-20-17-14-11-8-5-2/h7-8,10-11,15-20,24-25,27,30,35,38,49H,4-6,9,12-14,21-23,26,28-29,31-34,36-37,39-48H2,1-3H3/b10-7-,11-8-,18-15-,19-16-,20-17-,25-24-,30-27-,38-35-. The van der Waals surface area contributed by atoms with Crippen LogP contribution in [0, 0.1) is 0 Å². The van der Waals surface area contributed by atoms with Crippen molar-refractivity contribution >= 4 is 11.9 Å². The number of allylic oxidation sites excluding steroid dienone is 16. The number of ether oxygens (including phenoxy) is 3. The number of carbonyl (C=O) groups is 2. The fraction of sp³-hybridized carbons (Fsp3) is 0.647. The molecule has 5 heteroatoms. The largest absolute Gasteiger partial charge is 0.462 e. The lowest BCUT2D eigenvalue weighted by atomic mass is 10.1. The molecule has 0 aliphatic heterocycles. The summed E-state index contributed by atoms with van der Waals surface area (Å²) < 4.78 is 17.2. The molecule has 0 aromatic heterocycles. The average molecular weight is 777 g/mol. The first-order valence-corrected chi connectivity index (χ1v) is 22.8. The SMILES string of the molecule is CC/C=C\C/C=C\C/C=C\C/C=C\CCC(=O)OCC(COCCCCCCCC/C=C\C/C=C\C/C=C\CC)OC(=O)CCCCCCC/C=C\CCCC. The molecule has 0 fully saturated rings. The maximum Gasteiger partial charge on any atom is 0.306 e. The maximum absolute atomic E-state index is 12.7. The smallest absolute Gasteiger partial charge is 0.306 e. The van der Waals surface area contributed by atoms with Gasteiger partial charge in [0, 0.05) is 19.4 Å². The van der Waals surface area contributed by atoms with Crippen LogP contribution in [-0.2, 0) is 23.8 Å². The summed E-state index contributed by atoms with van der Waals surface area (Å²) >= 11 is 0. The third-order valence-corrected chi connectivity index (χ3v) is 9.10. The van der Waals surface area contributed by atoms with E-state index >= 15 is 0 Å². The van der Waals surface area contributed by atoms with Gasteiger partial charge in [-0.3, -0.25) is 9.59 Å². The molecule has 0 N–H and O–H groups in total. The molecule has 0 rings (SSSR count). The van der Waals surface area contributed by atoms with E-state index in [2.05, 4.69) is 112 Å². The molecule has 0 saturated carbocycles. The Hall–Kier alpha value is -3.18. The van der Waals surface area contributed by atoms with Crippen LogP contribution in [0.1, 0.15) is 188 Å². The predicted octanol–water partition coefficient (Wildman–Crippen LogP) is 15.1. The molecule has 5 nitrogen and oxygen atoms in total. The van der Waals surface area contributed by atoms with Crippen molar-refractivity contribution in [3.8, 4) is 0 Å². The Bertz CT molecular complexity index is 1110. The summed E-state index contributed by atoms with van der Waals surface area (Å²) in [6.45, 7) is 7.43. The lowest BCUT2D eigenvalue weighted by Gasteiger charge is -2.18. The summed E-state index contributed by atoms with van der Waals surface area (Å²) in [6.07, 6.45) is 61.4. The van der Waals surface area contributed by atoms with Crippen molar-refractivity contribution in [2.45, 2.75) is 194 Å². The number of esters is 2. The van der Waals surface area contributed by atoms with Gasteiger partial charge >= 0.3 is 11.9 Å². The van der Waals surface area contributed by atoms with Crippen molar-refractivity contribution in [1.82, 2.24) is 0 Å². The molecule has 0 aliphatic carbocycles. The first kappa shape index (κ1) is 52.8. The Balaban J connectivity index is 4.39. The van der Waals surface area contributed by atoms with Crippen LogP contribution in [0.25, 0.3) is 0 Å². The Morgan fingerprint density at radius 2 is 0.839 bits per heavy atom. The molecule has 1 unspecified atom stereocenters. The minimum absolute atomic E-state index is 0.0333. The van der Waals surface area contributed by atoms with Crippen LogP contribution in [0.3, 0.4) is 0 Å². The van der Waals surface area contributed by atoms with Crippen LogP contribution in [-0.4, -0.2) is 37.9 Å². The predicted molar refractivity (Wildman–Crippen MR) is 242 cm³/mol. The first-order chi connectivity index (χ1) is 27.6. The van der Waals surface area contributed by atoms with Gasteiger partial charge in [-0.15, -0.1) is 0 Å². The first-order valence-electron chi connectivity index (χ1n) is 22.8. The molecule has 0 heterocycles. The normalized spacial score (nSPS) is 13.1. The summed E-state index contributed by atoms with van der Waals surface area (Å²) in [5.41, 5.74) is 0. The topological polar surface area (TPSA) is 61.8 Å². The van der Waals surface area contributed by atoms with Gasteiger partial charge in [0.1, 0.15) is 6.61 Å². The van der Waals surface area contributed by atoms with Gasteiger partial charge < -0.3 is 14.2 Å². The molecule has 0 saturated heterocycles. The number of hydrogen-bond donors (Lipinski definition) is 0. The second-order valence-corrected chi connectivity index (χ2v) is 14.5. The van der Waals surface area contributed by atoms with Crippen LogP contribution >= 0.6 is 0 Å². The third kappa shape index (κ3) is 43.5. The van der Waals surface area contributed by atoms with E-state index in [0.29, 0.717) is 25.9 Å². The molecular weight excluding hydrogens is 693 g/mol. The quantitative estimate of drug-likeness (QED) is 0.0352. The highest BCUT2D eigenvalue weighted by Gasteiger charge is 2.17. The highest BCUT2D eigenvalue weighted by molar-refractivity contribution is 5.70. The highest BCUT2D eigenvalue weighted by Crippen LogP contribution is 2.12. The van der Waals surface area contributed by atoms with Gasteiger partial charge in [0.05, 0.1) is 6.61 Å². The fourth-order valence-corrected chi connectivity index (χ4v) is 5.75. The monoisotopic (exact) mass is 777 g/mol. The second kappa shape index (κ2) is 46.2. The lowest BCUT2D eigenvalue weighted by molar-refractivity contribution is -0.162. The Morgan fingerprint density at radius 3 is 1.38 bits per heavy atom. The number of hydrogen-bond acceptors (Lipinski definition) is 5. The molecule has 1 atom stereocenters. The fourth-order valence-electron chi connectivity index (χ4n) is 5.75. The molecular formula is C51H84O5. The molecule has 56 heavy (non-hydrogen) atoms. The Kier molecular flexibility index (Phi) is 43.6. The summed E-state index contributed by atoms with van der Waals surface area (Å²) in [5.74, 6) is -0.518. The van der Waals surface area contributed by atoms with Crippen LogP contribution in [0.5, 0.6) is 0 Å². The van der Waals surface area contributed by atoms with E-state index in [4.69, 9.17) is 14.2 Å². The van der Waals surface area contributed by atoms with Gasteiger partial charge in [-0.05, 0) is 96.3 Å². The molecule has 0 bridgehead atoms. The maximum atomic E-state index is 12.7. The second-order valence-electron chi connectivity index (χ2n) is 14.5. The summed E-state index contributed by atoms with van der Waals surface area (Å²) in [7, 11) is 0. The van der Waals surface area contributed by atoms with E-state index in [0.717, 1.165) is 89.9 Å². The van der Waals surface area contributed by atoms with Crippen molar-refractivity contribution in [2.24, 2.45) is 0 Å². The molecule has 0 radical (unpaired) electrons. The van der Waals surface area contributed by atoms with E-state index in [-0.39, 0.29) is 25.2 Å². The van der Waals surface area contributed by atoms with Crippen LogP contribution < -0.4 is 0 Å². The van der Waals surface area contributed by atoms with Crippen molar-refractivity contribution in [2.75, 3.05) is 19.8 Å². The van der Waals surface area contributed by atoms with Crippen LogP contribution in [0.15, 0.2) is 97.2 Å². The third-order valence-electron chi connectivity index (χ3n) is 9.10. The molecule has 318 valence electrons. The van der Waals surface area contributed by atoms with Gasteiger partial charge in [0.2, 0.25) is 0 Å². The van der Waals surface area contributed by atoms with Gasteiger partial charge in [0.25, 0.3) is 0 Å². The summed E-state index contributed by atoms with van der Waals surface area (Å²) in [4.78, 5) is 25.2. The summed E-state index contributed by atoms with van der Waals surface area (Å²) in [6, 6.07) is 0. The van der Waals surface area contributed by atoms with E-state index in [1.165, 1.54) is 57.8 Å². The molecule has 0 aromatic rings. The molecule has 0 aromatic carbocycles. The van der Waals surface area contributed by atoms with Crippen molar-refractivity contribution in [3.63, 3.8) is 0 Å². The van der Waals surface area contributed by atoms with Crippen molar-refractivity contribution < 1.29 is 23.8 Å². The lowest BCUT2D eigenvalue weighted by Crippen LogP contribution is -2.30. The zero-order valence-electron chi connectivity index (χ0n) is 36.4. The van der Waals surface area contributed by atoms with E-state index < -0.39 is 6.10 Å². The van der Waals surface area contributed by atoms with Gasteiger partial charge in [-0.1, -0.05) is 176 Å². The number of rotatable bonds is 40. The zero-order chi connectivity index (χ0) is 40.7. The van der Waals surface area contributed by atoms with Gasteiger partial charge in [-0.25, -0.2) is 0 Å². The minimum atomic E-state index is -0.579. The average Bonchev–Trinajstić information content (AvgIpc) is 3.20. The Labute approximate surface area is 345 Å². The van der Waals surface area contributed by atoms with Crippen molar-refractivity contribution in [1.29, 1.82) is 0 Å². The van der Waals surface area contributed by atoms with Crippen molar-refractivity contribution in [3.05, 3.63) is 97.2 Å². The number of unbranched alkanes of at least 4 members (excludes halogenated alkanes) is 13. The van der Waals surface area contributed by atoms with Gasteiger partial charge in [0.15, 0.2) is 6.10 Å². The molecule has 0 spiro atoms. The summed E-state index contributed by atoms with van der Waals surface area (Å²) in [5, 5.41) is 0. The zero-order valence-corrected chi connectivity index (χ0v) is 36.4. The highest BCUT2D eigenvalue weighted by atomic mass is 16.6.